The molecule has 0 aliphatic carbocycles. The van der Waals surface area contributed by atoms with Gasteiger partial charge in [0.25, 0.3) is 0 Å². The van der Waals surface area contributed by atoms with Gasteiger partial charge in [0, 0.05) is 31.5 Å². The fraction of sp³-hybridized carbons (Fsp3) is 0.273. The highest BCUT2D eigenvalue weighted by Crippen LogP contribution is 2.18. The third-order valence-electron chi connectivity index (χ3n) is 2.15. The summed E-state index contributed by atoms with van der Waals surface area (Å²) in [5.41, 5.74) is 1.79. The van der Waals surface area contributed by atoms with Gasteiger partial charge in [-0.15, -0.1) is 0 Å². The summed E-state index contributed by atoms with van der Waals surface area (Å²) >= 11 is 5.88. The van der Waals surface area contributed by atoms with Gasteiger partial charge in [0.15, 0.2) is 5.82 Å². The minimum atomic E-state index is 0.188. The van der Waals surface area contributed by atoms with Gasteiger partial charge in [-0.3, -0.25) is 4.98 Å². The lowest BCUT2D eigenvalue weighted by molar-refractivity contribution is 0.961. The summed E-state index contributed by atoms with van der Waals surface area (Å²) in [7, 11) is 3.71. The summed E-state index contributed by atoms with van der Waals surface area (Å²) in [6.45, 7) is 1.92. The molecule has 0 bridgehead atoms. The summed E-state index contributed by atoms with van der Waals surface area (Å²) in [5, 5.41) is 0.188. The third kappa shape index (κ3) is 2.68. The molecule has 0 saturated heterocycles. The first-order valence-electron chi connectivity index (χ1n) is 5.08. The van der Waals surface area contributed by atoms with Crippen molar-refractivity contribution in [2.24, 2.45) is 0 Å². The number of hydrogen-bond acceptors (Lipinski definition) is 5. The Labute approximate surface area is 105 Å². The molecule has 0 aliphatic heterocycles. The van der Waals surface area contributed by atoms with E-state index in [1.54, 1.807) is 11.1 Å². The molecule has 6 heteroatoms. The van der Waals surface area contributed by atoms with Crippen LogP contribution in [0.25, 0.3) is 11.4 Å². The van der Waals surface area contributed by atoms with E-state index in [1.807, 2.05) is 33.2 Å². The molecule has 0 aliphatic rings. The van der Waals surface area contributed by atoms with Gasteiger partial charge < -0.3 is 4.90 Å². The van der Waals surface area contributed by atoms with Crippen LogP contribution in [-0.2, 0) is 0 Å². The minimum Gasteiger partial charge on any atom is -0.347 e. The van der Waals surface area contributed by atoms with Crippen LogP contribution in [0.5, 0.6) is 0 Å². The highest BCUT2D eigenvalue weighted by molar-refractivity contribution is 6.28. The van der Waals surface area contributed by atoms with Crippen LogP contribution in [0.4, 0.5) is 5.95 Å². The maximum Gasteiger partial charge on any atom is 0.229 e. The Morgan fingerprint density at radius 3 is 2.59 bits per heavy atom. The second-order valence-electron chi connectivity index (χ2n) is 3.81. The van der Waals surface area contributed by atoms with Crippen LogP contribution in [0.1, 0.15) is 5.69 Å². The number of nitrogens with zero attached hydrogens (tertiary/aromatic N) is 5. The summed E-state index contributed by atoms with van der Waals surface area (Å²) in [4.78, 5) is 18.4. The number of anilines is 1. The van der Waals surface area contributed by atoms with Gasteiger partial charge >= 0.3 is 0 Å². The Hall–Kier alpha value is -1.75. The normalized spacial score (nSPS) is 10.4. The van der Waals surface area contributed by atoms with Crippen LogP contribution < -0.4 is 4.90 Å². The molecule has 2 aromatic heterocycles. The maximum absolute atomic E-state index is 5.88. The van der Waals surface area contributed by atoms with Gasteiger partial charge in [-0.2, -0.15) is 15.0 Å². The molecule has 5 nitrogen and oxygen atoms in total. The van der Waals surface area contributed by atoms with Crippen molar-refractivity contribution in [3.63, 3.8) is 0 Å². The lowest BCUT2D eigenvalue weighted by Gasteiger charge is -2.11. The molecule has 0 unspecified atom stereocenters. The van der Waals surface area contributed by atoms with Gasteiger partial charge in [-0.05, 0) is 30.7 Å². The van der Waals surface area contributed by atoms with Crippen LogP contribution in [0, 0.1) is 6.92 Å². The Bertz CT molecular complexity index is 541. The van der Waals surface area contributed by atoms with E-state index in [1.165, 1.54) is 0 Å². The van der Waals surface area contributed by atoms with Crippen molar-refractivity contribution in [3.05, 3.63) is 29.3 Å². The fourth-order valence-electron chi connectivity index (χ4n) is 1.35. The largest absolute Gasteiger partial charge is 0.347 e. The predicted molar refractivity (Wildman–Crippen MR) is 67.1 cm³/mol. The molecule has 0 aromatic carbocycles. The summed E-state index contributed by atoms with van der Waals surface area (Å²) in [6.07, 6.45) is 1.72. The summed E-state index contributed by atoms with van der Waals surface area (Å²) < 4.78 is 0. The molecule has 0 amide bonds. The molecule has 2 heterocycles. The van der Waals surface area contributed by atoms with Crippen molar-refractivity contribution in [3.8, 4) is 11.4 Å². The van der Waals surface area contributed by atoms with Gasteiger partial charge in [0.2, 0.25) is 11.2 Å². The topological polar surface area (TPSA) is 54.8 Å². The van der Waals surface area contributed by atoms with Crippen LogP contribution in [-0.4, -0.2) is 34.0 Å². The molecule has 0 spiro atoms. The number of aryl methyl sites for hydroxylation is 1. The second-order valence-corrected chi connectivity index (χ2v) is 4.15. The molecule has 2 aromatic rings. The number of rotatable bonds is 2. The maximum atomic E-state index is 5.88. The molecular weight excluding hydrogens is 238 g/mol. The number of aromatic nitrogens is 4. The van der Waals surface area contributed by atoms with Gasteiger partial charge in [0.05, 0.1) is 0 Å². The lowest BCUT2D eigenvalue weighted by atomic mass is 10.2. The quantitative estimate of drug-likeness (QED) is 0.814. The molecule has 0 atom stereocenters. The standard InChI is InChI=1S/C11H12ClN5/c1-7-6-8(4-5-13-7)9-14-10(12)16-11(15-9)17(2)3/h4-6H,1-3H3. The lowest BCUT2D eigenvalue weighted by Crippen LogP contribution is -2.14. The van der Waals surface area contributed by atoms with Crippen molar-refractivity contribution >= 4 is 17.5 Å². The molecule has 17 heavy (non-hydrogen) atoms. The van der Waals surface area contributed by atoms with Crippen molar-refractivity contribution in [1.82, 2.24) is 19.9 Å². The Balaban J connectivity index is 2.52. The number of hydrogen-bond donors (Lipinski definition) is 0. The number of halogens is 1. The first kappa shape index (κ1) is 11.7. The van der Waals surface area contributed by atoms with E-state index in [0.29, 0.717) is 11.8 Å². The Morgan fingerprint density at radius 2 is 1.94 bits per heavy atom. The third-order valence-corrected chi connectivity index (χ3v) is 2.32. The van der Waals surface area contributed by atoms with Crippen molar-refractivity contribution in [2.45, 2.75) is 6.92 Å². The molecule has 2 rings (SSSR count). The van der Waals surface area contributed by atoms with Crippen LogP contribution in [0.2, 0.25) is 5.28 Å². The second kappa shape index (κ2) is 4.63. The first-order valence-corrected chi connectivity index (χ1v) is 5.46. The first-order chi connectivity index (χ1) is 8.06. The van der Waals surface area contributed by atoms with Crippen LogP contribution >= 0.6 is 11.6 Å². The minimum absolute atomic E-state index is 0.188. The van der Waals surface area contributed by atoms with E-state index >= 15 is 0 Å². The molecule has 0 N–H and O–H groups in total. The van der Waals surface area contributed by atoms with E-state index in [0.717, 1.165) is 11.3 Å². The monoisotopic (exact) mass is 249 g/mol. The Kier molecular flexibility index (Phi) is 3.19. The average Bonchev–Trinajstić information content (AvgIpc) is 2.28. The molecular formula is C11H12ClN5. The smallest absolute Gasteiger partial charge is 0.229 e. The van der Waals surface area contributed by atoms with E-state index < -0.39 is 0 Å². The highest BCUT2D eigenvalue weighted by atomic mass is 35.5. The van der Waals surface area contributed by atoms with E-state index in [2.05, 4.69) is 19.9 Å². The van der Waals surface area contributed by atoms with Crippen LogP contribution in [0.15, 0.2) is 18.3 Å². The van der Waals surface area contributed by atoms with E-state index in [4.69, 9.17) is 11.6 Å². The summed E-state index contributed by atoms with van der Waals surface area (Å²) in [6, 6.07) is 3.75. The van der Waals surface area contributed by atoms with Crippen molar-refractivity contribution < 1.29 is 0 Å². The molecule has 88 valence electrons. The van der Waals surface area contributed by atoms with Crippen LogP contribution in [0.3, 0.4) is 0 Å². The van der Waals surface area contributed by atoms with Crippen molar-refractivity contribution in [1.29, 1.82) is 0 Å². The van der Waals surface area contributed by atoms with Gasteiger partial charge in [-0.1, -0.05) is 0 Å². The summed E-state index contributed by atoms with van der Waals surface area (Å²) in [5.74, 6) is 1.09. The molecule has 0 fully saturated rings. The predicted octanol–water partition coefficient (Wildman–Crippen LogP) is 1.96. The zero-order valence-corrected chi connectivity index (χ0v) is 10.6. The van der Waals surface area contributed by atoms with Crippen molar-refractivity contribution in [2.75, 3.05) is 19.0 Å². The Morgan fingerprint density at radius 1 is 1.18 bits per heavy atom. The van der Waals surface area contributed by atoms with E-state index in [-0.39, 0.29) is 5.28 Å². The average molecular weight is 250 g/mol. The van der Waals surface area contributed by atoms with Gasteiger partial charge in [-0.25, -0.2) is 0 Å². The zero-order chi connectivity index (χ0) is 12.4. The van der Waals surface area contributed by atoms with Gasteiger partial charge in [0.1, 0.15) is 0 Å². The molecule has 0 saturated carbocycles. The zero-order valence-electron chi connectivity index (χ0n) is 9.85. The highest BCUT2D eigenvalue weighted by Gasteiger charge is 2.08. The number of pyridine rings is 1. The van der Waals surface area contributed by atoms with E-state index in [9.17, 15) is 0 Å². The fourth-order valence-corrected chi connectivity index (χ4v) is 1.51. The molecule has 0 radical (unpaired) electrons. The SMILES string of the molecule is Cc1cc(-c2nc(Cl)nc(N(C)C)n2)ccn1.